The summed E-state index contributed by atoms with van der Waals surface area (Å²) in [4.78, 5) is 9.97. The van der Waals surface area contributed by atoms with Crippen LogP contribution in [0.2, 0.25) is 5.02 Å². The zero-order valence-electron chi connectivity index (χ0n) is 20.3. The van der Waals surface area contributed by atoms with E-state index in [4.69, 9.17) is 26.0 Å². The SMILES string of the molecule is Clc1cc(-c2cc(-c3ccc(-c4ccccc4)cc3)nc(-c3ccccc3)n2)c2oc3ccccc3c2c1. The number of nitrogens with zero attached hydrogens (tertiary/aromatic N) is 2. The highest BCUT2D eigenvalue weighted by atomic mass is 35.5. The van der Waals surface area contributed by atoms with Crippen LogP contribution in [0.5, 0.6) is 0 Å². The number of para-hydroxylation sites is 1. The van der Waals surface area contributed by atoms with Crippen molar-refractivity contribution in [3.8, 4) is 45.0 Å². The van der Waals surface area contributed by atoms with Crippen molar-refractivity contribution in [2.45, 2.75) is 0 Å². The first kappa shape index (κ1) is 22.5. The highest BCUT2D eigenvalue weighted by molar-refractivity contribution is 6.32. The van der Waals surface area contributed by atoms with Crippen LogP contribution in [0.4, 0.5) is 0 Å². The molecule has 0 aliphatic heterocycles. The minimum atomic E-state index is 0.632. The first-order chi connectivity index (χ1) is 18.7. The summed E-state index contributed by atoms with van der Waals surface area (Å²) in [5.41, 5.74) is 8.30. The topological polar surface area (TPSA) is 38.9 Å². The molecule has 7 aromatic rings. The van der Waals surface area contributed by atoms with Gasteiger partial charge in [-0.3, -0.25) is 0 Å². The van der Waals surface area contributed by atoms with Gasteiger partial charge in [0.05, 0.1) is 11.4 Å². The number of halogens is 1. The van der Waals surface area contributed by atoms with E-state index in [0.717, 1.165) is 55.6 Å². The zero-order valence-corrected chi connectivity index (χ0v) is 21.1. The minimum Gasteiger partial charge on any atom is -0.455 e. The number of benzene rings is 5. The van der Waals surface area contributed by atoms with Gasteiger partial charge in [0.1, 0.15) is 11.2 Å². The highest BCUT2D eigenvalue weighted by Gasteiger charge is 2.17. The fourth-order valence-electron chi connectivity index (χ4n) is 4.90. The van der Waals surface area contributed by atoms with E-state index in [-0.39, 0.29) is 0 Å². The standard InChI is InChI=1S/C34H21ClN2O/c35-26-19-28-27-13-7-8-14-32(27)38-33(28)29(20-26)31-21-30(36-34(37-31)25-11-5-2-6-12-25)24-17-15-23(16-18-24)22-9-3-1-4-10-22/h1-21H. The van der Waals surface area contributed by atoms with Crippen molar-refractivity contribution in [3.63, 3.8) is 0 Å². The Balaban J connectivity index is 1.43. The van der Waals surface area contributed by atoms with Crippen LogP contribution in [0.3, 0.4) is 0 Å². The van der Waals surface area contributed by atoms with Crippen LogP contribution in [-0.2, 0) is 0 Å². The lowest BCUT2D eigenvalue weighted by Crippen LogP contribution is -1.96. The summed E-state index contributed by atoms with van der Waals surface area (Å²) >= 11 is 6.64. The van der Waals surface area contributed by atoms with Crippen LogP contribution >= 0.6 is 11.6 Å². The molecule has 0 spiro atoms. The zero-order chi connectivity index (χ0) is 25.5. The maximum atomic E-state index is 6.64. The second-order valence-electron chi connectivity index (χ2n) is 9.20. The summed E-state index contributed by atoms with van der Waals surface area (Å²) in [5.74, 6) is 0.648. The molecule has 0 unspecified atom stereocenters. The predicted octanol–water partition coefficient (Wildman–Crippen LogP) is 9.70. The molecule has 0 aliphatic carbocycles. The Morgan fingerprint density at radius 3 is 1.87 bits per heavy atom. The predicted molar refractivity (Wildman–Crippen MR) is 156 cm³/mol. The van der Waals surface area contributed by atoms with E-state index in [2.05, 4.69) is 54.6 Å². The van der Waals surface area contributed by atoms with E-state index in [1.807, 2.05) is 72.8 Å². The van der Waals surface area contributed by atoms with Crippen molar-refractivity contribution < 1.29 is 4.42 Å². The number of hydrogen-bond acceptors (Lipinski definition) is 3. The minimum absolute atomic E-state index is 0.632. The van der Waals surface area contributed by atoms with E-state index in [9.17, 15) is 0 Å². The number of rotatable bonds is 4. The molecule has 180 valence electrons. The Morgan fingerprint density at radius 1 is 0.500 bits per heavy atom. The van der Waals surface area contributed by atoms with Gasteiger partial charge in [-0.25, -0.2) is 9.97 Å². The van der Waals surface area contributed by atoms with Gasteiger partial charge < -0.3 is 4.42 Å². The van der Waals surface area contributed by atoms with Crippen molar-refractivity contribution >= 4 is 33.5 Å². The Bertz CT molecular complexity index is 1910. The molecule has 0 bridgehead atoms. The van der Waals surface area contributed by atoms with E-state index in [0.29, 0.717) is 10.8 Å². The molecular weight excluding hydrogens is 488 g/mol. The summed E-state index contributed by atoms with van der Waals surface area (Å²) in [6, 6.07) is 42.8. The van der Waals surface area contributed by atoms with Crippen molar-refractivity contribution in [1.82, 2.24) is 9.97 Å². The number of aromatic nitrogens is 2. The first-order valence-corrected chi connectivity index (χ1v) is 12.8. The molecule has 0 saturated heterocycles. The van der Waals surface area contributed by atoms with Gasteiger partial charge >= 0.3 is 0 Å². The molecule has 0 radical (unpaired) electrons. The third-order valence-electron chi connectivity index (χ3n) is 6.76. The molecule has 7 rings (SSSR count). The fourth-order valence-corrected chi connectivity index (χ4v) is 5.11. The molecule has 0 amide bonds. The molecule has 4 heteroatoms. The van der Waals surface area contributed by atoms with E-state index in [1.165, 1.54) is 5.56 Å². The molecule has 5 aromatic carbocycles. The van der Waals surface area contributed by atoms with Gasteiger partial charge in [-0.1, -0.05) is 115 Å². The smallest absolute Gasteiger partial charge is 0.160 e. The van der Waals surface area contributed by atoms with Crippen molar-refractivity contribution in [1.29, 1.82) is 0 Å². The van der Waals surface area contributed by atoms with E-state index >= 15 is 0 Å². The molecular formula is C34H21ClN2O. The lowest BCUT2D eigenvalue weighted by Gasteiger charge is -2.11. The molecule has 38 heavy (non-hydrogen) atoms. The van der Waals surface area contributed by atoms with Crippen LogP contribution in [0, 0.1) is 0 Å². The van der Waals surface area contributed by atoms with Crippen molar-refractivity contribution in [3.05, 3.63) is 132 Å². The van der Waals surface area contributed by atoms with Gasteiger partial charge in [0.2, 0.25) is 0 Å². The van der Waals surface area contributed by atoms with Crippen LogP contribution in [-0.4, -0.2) is 9.97 Å². The molecule has 0 N–H and O–H groups in total. The van der Waals surface area contributed by atoms with Gasteiger partial charge in [0.15, 0.2) is 5.82 Å². The summed E-state index contributed by atoms with van der Waals surface area (Å²) in [7, 11) is 0. The van der Waals surface area contributed by atoms with Crippen LogP contribution < -0.4 is 0 Å². The molecule has 0 saturated carbocycles. The third kappa shape index (κ3) is 4.03. The van der Waals surface area contributed by atoms with Gasteiger partial charge in [-0.2, -0.15) is 0 Å². The largest absolute Gasteiger partial charge is 0.455 e. The maximum Gasteiger partial charge on any atom is 0.160 e. The lowest BCUT2D eigenvalue weighted by atomic mass is 10.0. The average Bonchev–Trinajstić information content (AvgIpc) is 3.36. The Hall–Kier alpha value is -4.73. The second kappa shape index (κ2) is 9.29. The Labute approximate surface area is 225 Å². The molecule has 0 atom stereocenters. The van der Waals surface area contributed by atoms with E-state index < -0.39 is 0 Å². The van der Waals surface area contributed by atoms with Gasteiger partial charge in [-0.05, 0) is 35.4 Å². The normalized spacial score (nSPS) is 11.3. The quantitative estimate of drug-likeness (QED) is 0.237. The van der Waals surface area contributed by atoms with Crippen LogP contribution in [0.25, 0.3) is 67.0 Å². The molecule has 2 aromatic heterocycles. The average molecular weight is 509 g/mol. The summed E-state index contributed by atoms with van der Waals surface area (Å²) in [6.07, 6.45) is 0. The summed E-state index contributed by atoms with van der Waals surface area (Å²) in [5, 5.41) is 2.63. The van der Waals surface area contributed by atoms with Crippen LogP contribution in [0.1, 0.15) is 0 Å². The number of furan rings is 1. The fraction of sp³-hybridized carbons (Fsp3) is 0. The summed E-state index contributed by atoms with van der Waals surface area (Å²) < 4.78 is 6.33. The first-order valence-electron chi connectivity index (χ1n) is 12.4. The van der Waals surface area contributed by atoms with Crippen molar-refractivity contribution in [2.24, 2.45) is 0 Å². The van der Waals surface area contributed by atoms with Gasteiger partial charge in [0.25, 0.3) is 0 Å². The molecule has 2 heterocycles. The number of hydrogen-bond donors (Lipinski definition) is 0. The monoisotopic (exact) mass is 508 g/mol. The van der Waals surface area contributed by atoms with Gasteiger partial charge in [-0.15, -0.1) is 0 Å². The molecule has 3 nitrogen and oxygen atoms in total. The maximum absolute atomic E-state index is 6.64. The molecule has 0 aliphatic rings. The van der Waals surface area contributed by atoms with Crippen LogP contribution in [0.15, 0.2) is 132 Å². The van der Waals surface area contributed by atoms with Crippen molar-refractivity contribution in [2.75, 3.05) is 0 Å². The number of fused-ring (bicyclic) bond motifs is 3. The third-order valence-corrected chi connectivity index (χ3v) is 6.98. The molecule has 0 fully saturated rings. The van der Waals surface area contributed by atoms with E-state index in [1.54, 1.807) is 0 Å². The Kier molecular flexibility index (Phi) is 5.49. The second-order valence-corrected chi connectivity index (χ2v) is 9.64. The summed E-state index contributed by atoms with van der Waals surface area (Å²) in [6.45, 7) is 0. The van der Waals surface area contributed by atoms with Gasteiger partial charge in [0, 0.05) is 32.5 Å². The highest BCUT2D eigenvalue weighted by Crippen LogP contribution is 2.39. The lowest BCUT2D eigenvalue weighted by molar-refractivity contribution is 0.670. The Morgan fingerprint density at radius 2 is 1.11 bits per heavy atom.